The van der Waals surface area contributed by atoms with E-state index < -0.39 is 17.8 Å². The Bertz CT molecular complexity index is 716. The number of Topliss-reactive ketones (excluding diaryl/α,β-unsaturated/α-hetero) is 1. The van der Waals surface area contributed by atoms with Crippen LogP contribution in [-0.4, -0.2) is 21.8 Å². The number of carbonyl (C=O) groups is 2. The highest BCUT2D eigenvalue weighted by Gasteiger charge is 2.41. The molecule has 1 aromatic heterocycles. The molecular weight excluding hydrogens is 266 g/mol. The van der Waals surface area contributed by atoms with Gasteiger partial charge in [0.2, 0.25) is 0 Å². The lowest BCUT2D eigenvalue weighted by molar-refractivity contribution is -0.142. The normalized spacial score (nSPS) is 25.3. The number of nitrogens with one attached hydrogen (secondary N) is 1. The van der Waals surface area contributed by atoms with E-state index >= 15 is 0 Å². The topological polar surface area (TPSA) is 70.2 Å². The third-order valence-electron chi connectivity index (χ3n) is 4.63. The fourth-order valence-corrected chi connectivity index (χ4v) is 3.62. The molecule has 4 nitrogen and oxygen atoms in total. The quantitative estimate of drug-likeness (QED) is 0.849. The molecule has 21 heavy (non-hydrogen) atoms. The fraction of sp³-hybridized carbons (Fsp3) is 0.412. The minimum atomic E-state index is -0.853. The van der Waals surface area contributed by atoms with E-state index in [2.05, 4.69) is 4.98 Å². The summed E-state index contributed by atoms with van der Waals surface area (Å²) in [6, 6.07) is 5.85. The number of fused-ring (bicyclic) bond motifs is 1. The molecule has 0 amide bonds. The lowest BCUT2D eigenvalue weighted by Crippen LogP contribution is -2.25. The predicted molar refractivity (Wildman–Crippen MR) is 80.4 cm³/mol. The lowest BCUT2D eigenvalue weighted by Gasteiger charge is -2.14. The summed E-state index contributed by atoms with van der Waals surface area (Å²) in [4.78, 5) is 27.4. The van der Waals surface area contributed by atoms with Gasteiger partial charge in [-0.1, -0.05) is 19.1 Å². The van der Waals surface area contributed by atoms with Crippen LogP contribution >= 0.6 is 0 Å². The number of hydrogen-bond acceptors (Lipinski definition) is 2. The Balaban J connectivity index is 2.03. The zero-order chi connectivity index (χ0) is 15.1. The molecule has 1 fully saturated rings. The van der Waals surface area contributed by atoms with Crippen LogP contribution in [0.25, 0.3) is 10.9 Å². The maximum absolute atomic E-state index is 12.9. The molecule has 4 heteroatoms. The van der Waals surface area contributed by atoms with Gasteiger partial charge in [-0.15, -0.1) is 0 Å². The molecule has 2 aromatic rings. The lowest BCUT2D eigenvalue weighted by atomic mass is 9.87. The number of H-pyrrole nitrogens is 1. The summed E-state index contributed by atoms with van der Waals surface area (Å²) >= 11 is 0. The summed E-state index contributed by atoms with van der Waals surface area (Å²) < 4.78 is 0. The van der Waals surface area contributed by atoms with E-state index in [0.29, 0.717) is 18.4 Å². The highest BCUT2D eigenvalue weighted by molar-refractivity contribution is 6.10. The molecule has 3 rings (SSSR count). The summed E-state index contributed by atoms with van der Waals surface area (Å²) in [5.74, 6) is -1.56. The number of carboxylic acids is 1. The Hall–Kier alpha value is -2.10. The van der Waals surface area contributed by atoms with Crippen molar-refractivity contribution in [3.63, 3.8) is 0 Å². The van der Waals surface area contributed by atoms with Gasteiger partial charge in [0.1, 0.15) is 0 Å². The van der Waals surface area contributed by atoms with Gasteiger partial charge in [0, 0.05) is 28.6 Å². The van der Waals surface area contributed by atoms with Crippen LogP contribution in [0, 0.1) is 24.7 Å². The second kappa shape index (κ2) is 5.02. The Morgan fingerprint density at radius 3 is 2.67 bits per heavy atom. The Morgan fingerprint density at radius 2 is 1.95 bits per heavy atom. The van der Waals surface area contributed by atoms with Crippen molar-refractivity contribution in [2.45, 2.75) is 26.7 Å². The van der Waals surface area contributed by atoms with Gasteiger partial charge in [0.15, 0.2) is 5.78 Å². The third-order valence-corrected chi connectivity index (χ3v) is 4.63. The zero-order valence-electron chi connectivity index (χ0n) is 12.2. The average molecular weight is 285 g/mol. The Morgan fingerprint density at radius 1 is 1.24 bits per heavy atom. The van der Waals surface area contributed by atoms with E-state index in [1.165, 1.54) is 0 Å². The molecule has 0 radical (unpaired) electrons. The van der Waals surface area contributed by atoms with Crippen molar-refractivity contribution in [3.05, 3.63) is 35.5 Å². The molecule has 3 atom stereocenters. The second-order valence-corrected chi connectivity index (χ2v) is 6.19. The number of benzene rings is 1. The minimum Gasteiger partial charge on any atom is -0.481 e. The number of aromatic amines is 1. The summed E-state index contributed by atoms with van der Waals surface area (Å²) in [5, 5.41) is 10.3. The predicted octanol–water partition coefficient (Wildman–Crippen LogP) is 3.41. The SMILES string of the molecule is Cc1cccc2[nH]cc(C(=O)C3CC(C)CC3C(=O)O)c12. The minimum absolute atomic E-state index is 0.0349. The maximum Gasteiger partial charge on any atom is 0.307 e. The summed E-state index contributed by atoms with van der Waals surface area (Å²) in [5.41, 5.74) is 2.60. The first-order valence-corrected chi connectivity index (χ1v) is 7.32. The molecule has 3 unspecified atom stereocenters. The van der Waals surface area contributed by atoms with E-state index in [-0.39, 0.29) is 11.7 Å². The average Bonchev–Trinajstić information content (AvgIpc) is 3.02. The van der Waals surface area contributed by atoms with Crippen LogP contribution in [0.4, 0.5) is 0 Å². The van der Waals surface area contributed by atoms with Gasteiger partial charge in [-0.05, 0) is 37.3 Å². The van der Waals surface area contributed by atoms with E-state index in [9.17, 15) is 14.7 Å². The highest BCUT2D eigenvalue weighted by atomic mass is 16.4. The zero-order valence-corrected chi connectivity index (χ0v) is 12.2. The molecule has 1 aliphatic rings. The number of carboxylic acid groups (broad SMARTS) is 1. The van der Waals surface area contributed by atoms with Crippen molar-refractivity contribution in [2.24, 2.45) is 17.8 Å². The smallest absolute Gasteiger partial charge is 0.307 e. The van der Waals surface area contributed by atoms with Crippen LogP contribution in [0.3, 0.4) is 0 Å². The van der Waals surface area contributed by atoms with Gasteiger partial charge < -0.3 is 10.1 Å². The van der Waals surface area contributed by atoms with Crippen LogP contribution in [0.1, 0.15) is 35.7 Å². The standard InChI is InChI=1S/C17H19NO3/c1-9-6-11(12(7-9)17(20)21)16(19)13-8-18-14-5-3-4-10(2)15(13)14/h3-5,8-9,11-12,18H,6-7H2,1-2H3,(H,20,21). The third kappa shape index (κ3) is 2.24. The first-order valence-electron chi connectivity index (χ1n) is 7.32. The molecule has 2 N–H and O–H groups in total. The summed E-state index contributed by atoms with van der Waals surface area (Å²) in [6.07, 6.45) is 2.98. The Kier molecular flexibility index (Phi) is 3.32. The fourth-order valence-electron chi connectivity index (χ4n) is 3.62. The van der Waals surface area contributed by atoms with Crippen LogP contribution in [0.2, 0.25) is 0 Å². The van der Waals surface area contributed by atoms with E-state index in [1.54, 1.807) is 6.20 Å². The van der Waals surface area contributed by atoms with Gasteiger partial charge in [0.05, 0.1) is 5.92 Å². The summed E-state index contributed by atoms with van der Waals surface area (Å²) in [7, 11) is 0. The van der Waals surface area contributed by atoms with E-state index in [1.807, 2.05) is 32.0 Å². The molecule has 1 heterocycles. The van der Waals surface area contributed by atoms with Gasteiger partial charge in [-0.3, -0.25) is 9.59 Å². The molecule has 0 aliphatic heterocycles. The number of ketones is 1. The summed E-state index contributed by atoms with van der Waals surface area (Å²) in [6.45, 7) is 3.99. The largest absolute Gasteiger partial charge is 0.481 e. The molecule has 1 aromatic carbocycles. The van der Waals surface area contributed by atoms with E-state index in [0.717, 1.165) is 16.5 Å². The van der Waals surface area contributed by atoms with Gasteiger partial charge in [-0.25, -0.2) is 0 Å². The van der Waals surface area contributed by atoms with Gasteiger partial charge in [0.25, 0.3) is 0 Å². The van der Waals surface area contributed by atoms with Crippen LogP contribution in [0.5, 0.6) is 0 Å². The molecule has 110 valence electrons. The molecule has 0 saturated heterocycles. The molecule has 1 aliphatic carbocycles. The monoisotopic (exact) mass is 285 g/mol. The van der Waals surface area contributed by atoms with Crippen LogP contribution < -0.4 is 0 Å². The number of rotatable bonds is 3. The number of hydrogen-bond donors (Lipinski definition) is 2. The van der Waals surface area contributed by atoms with Crippen LogP contribution in [-0.2, 0) is 4.79 Å². The highest BCUT2D eigenvalue weighted by Crippen LogP contribution is 2.39. The molecule has 0 spiro atoms. The molecule has 0 bridgehead atoms. The van der Waals surface area contributed by atoms with Crippen molar-refractivity contribution < 1.29 is 14.7 Å². The van der Waals surface area contributed by atoms with Gasteiger partial charge in [-0.2, -0.15) is 0 Å². The van der Waals surface area contributed by atoms with Crippen LogP contribution in [0.15, 0.2) is 24.4 Å². The maximum atomic E-state index is 12.9. The number of aliphatic carboxylic acids is 1. The second-order valence-electron chi connectivity index (χ2n) is 6.19. The first kappa shape index (κ1) is 13.9. The number of aryl methyl sites for hydroxylation is 1. The van der Waals surface area contributed by atoms with E-state index in [4.69, 9.17) is 0 Å². The van der Waals surface area contributed by atoms with Crippen molar-refractivity contribution in [1.29, 1.82) is 0 Å². The van der Waals surface area contributed by atoms with Crippen molar-refractivity contribution >= 4 is 22.7 Å². The molecule has 1 saturated carbocycles. The Labute approximate surface area is 123 Å². The first-order chi connectivity index (χ1) is 9.99. The van der Waals surface area contributed by atoms with Crippen molar-refractivity contribution in [1.82, 2.24) is 4.98 Å². The number of aromatic nitrogens is 1. The number of carbonyl (C=O) groups excluding carboxylic acids is 1. The van der Waals surface area contributed by atoms with Crippen molar-refractivity contribution in [2.75, 3.05) is 0 Å². The molecular formula is C17H19NO3. The van der Waals surface area contributed by atoms with Crippen molar-refractivity contribution in [3.8, 4) is 0 Å². The van der Waals surface area contributed by atoms with Gasteiger partial charge >= 0.3 is 5.97 Å².